The van der Waals surface area contributed by atoms with Crippen molar-refractivity contribution in [2.24, 2.45) is 0 Å². The van der Waals surface area contributed by atoms with Gasteiger partial charge in [0.05, 0.1) is 4.90 Å². The molecule has 23 heavy (non-hydrogen) atoms. The summed E-state index contributed by atoms with van der Waals surface area (Å²) in [4.78, 5) is 0.928. The summed E-state index contributed by atoms with van der Waals surface area (Å²) in [6.45, 7) is 0. The fourth-order valence-electron chi connectivity index (χ4n) is 1.73. The normalized spacial score (nSPS) is 11.3. The van der Waals surface area contributed by atoms with E-state index >= 15 is 0 Å². The van der Waals surface area contributed by atoms with Crippen molar-refractivity contribution in [3.63, 3.8) is 0 Å². The number of aromatic nitrogens is 2. The van der Waals surface area contributed by atoms with Gasteiger partial charge in [0.2, 0.25) is 0 Å². The lowest BCUT2D eigenvalue weighted by Gasteiger charge is -2.08. The maximum absolute atomic E-state index is 12.9. The molecule has 1 N–H and O–H groups in total. The Hall–Kier alpha value is -1.97. The molecule has 0 aliphatic rings. The molecule has 1 aromatic heterocycles. The van der Waals surface area contributed by atoms with Gasteiger partial charge in [-0.05, 0) is 48.5 Å². The smallest absolute Gasteiger partial charge is 0.261 e. The molecule has 0 saturated heterocycles. The zero-order chi connectivity index (χ0) is 16.3. The summed E-state index contributed by atoms with van der Waals surface area (Å²) in [6.07, 6.45) is 0. The number of benzene rings is 2. The number of hydrogen-bond donors (Lipinski definition) is 1. The number of rotatable bonds is 5. The summed E-state index contributed by atoms with van der Waals surface area (Å²) in [5, 5.41) is 7.68. The minimum atomic E-state index is -3.74. The van der Waals surface area contributed by atoms with Crippen molar-refractivity contribution in [1.82, 2.24) is 10.2 Å². The van der Waals surface area contributed by atoms with Crippen LogP contribution >= 0.6 is 23.1 Å². The molecule has 118 valence electrons. The van der Waals surface area contributed by atoms with Gasteiger partial charge >= 0.3 is 0 Å². The van der Waals surface area contributed by atoms with Crippen molar-refractivity contribution >= 4 is 38.8 Å². The Morgan fingerprint density at radius 3 is 2.35 bits per heavy atom. The van der Waals surface area contributed by atoms with Crippen LogP contribution in [0.15, 0.2) is 68.2 Å². The van der Waals surface area contributed by atoms with E-state index in [1.165, 1.54) is 35.2 Å². The molecule has 0 saturated carbocycles. The van der Waals surface area contributed by atoms with E-state index < -0.39 is 15.8 Å². The Morgan fingerprint density at radius 1 is 1.04 bits per heavy atom. The maximum Gasteiger partial charge on any atom is 0.261 e. The van der Waals surface area contributed by atoms with E-state index in [2.05, 4.69) is 14.9 Å². The molecule has 2 aromatic carbocycles. The predicted molar refractivity (Wildman–Crippen MR) is 87.7 cm³/mol. The molecule has 9 heteroatoms. The highest BCUT2D eigenvalue weighted by Gasteiger charge is 2.14. The third kappa shape index (κ3) is 4.06. The molecule has 0 atom stereocenters. The summed E-state index contributed by atoms with van der Waals surface area (Å²) in [5.41, 5.74) is 2.07. The average molecular weight is 367 g/mol. The van der Waals surface area contributed by atoms with Gasteiger partial charge in [0.1, 0.15) is 11.3 Å². The number of sulfonamides is 1. The van der Waals surface area contributed by atoms with Gasteiger partial charge in [0.25, 0.3) is 10.0 Å². The third-order valence-electron chi connectivity index (χ3n) is 2.78. The molecule has 1 heterocycles. The van der Waals surface area contributed by atoms with Gasteiger partial charge in [-0.3, -0.25) is 4.72 Å². The standard InChI is InChI=1S/C14H10FN3O2S3/c15-10-1-7-13(8-2-10)23(19,20)18-11-3-5-12(6-4-11)22-14-17-16-9-21-14/h1-9,18H. The average Bonchev–Trinajstić information content (AvgIpc) is 3.02. The monoisotopic (exact) mass is 367 g/mol. The summed E-state index contributed by atoms with van der Waals surface area (Å²) in [6, 6.07) is 11.5. The Kier molecular flexibility index (Phi) is 4.60. The van der Waals surface area contributed by atoms with E-state index in [0.29, 0.717) is 5.69 Å². The van der Waals surface area contributed by atoms with Gasteiger partial charge in [-0.1, -0.05) is 23.1 Å². The molecule has 5 nitrogen and oxygen atoms in total. The van der Waals surface area contributed by atoms with Gasteiger partial charge < -0.3 is 0 Å². The van der Waals surface area contributed by atoms with Gasteiger partial charge in [0.15, 0.2) is 4.34 Å². The van der Waals surface area contributed by atoms with Crippen molar-refractivity contribution in [2.45, 2.75) is 14.1 Å². The van der Waals surface area contributed by atoms with Crippen LogP contribution in [0, 0.1) is 5.82 Å². The first-order valence-electron chi connectivity index (χ1n) is 6.35. The molecule has 0 fully saturated rings. The summed E-state index contributed by atoms with van der Waals surface area (Å²) >= 11 is 2.87. The summed E-state index contributed by atoms with van der Waals surface area (Å²) < 4.78 is 40.5. The van der Waals surface area contributed by atoms with Gasteiger partial charge in [-0.15, -0.1) is 10.2 Å². The first-order chi connectivity index (χ1) is 11.0. The van der Waals surface area contributed by atoms with E-state index in [-0.39, 0.29) is 4.90 Å². The molecule has 0 bridgehead atoms. The number of hydrogen-bond acceptors (Lipinski definition) is 6. The van der Waals surface area contributed by atoms with E-state index in [1.54, 1.807) is 29.8 Å². The molecule has 0 aliphatic carbocycles. The maximum atomic E-state index is 12.9. The molecule has 0 aliphatic heterocycles. The number of nitrogens with zero attached hydrogens (tertiary/aromatic N) is 2. The van der Waals surface area contributed by atoms with Crippen molar-refractivity contribution < 1.29 is 12.8 Å². The highest BCUT2D eigenvalue weighted by Crippen LogP contribution is 2.29. The Balaban J connectivity index is 1.73. The van der Waals surface area contributed by atoms with E-state index in [9.17, 15) is 12.8 Å². The van der Waals surface area contributed by atoms with E-state index in [4.69, 9.17) is 0 Å². The molecule has 3 aromatic rings. The zero-order valence-electron chi connectivity index (χ0n) is 11.5. The first kappa shape index (κ1) is 15.9. The second-order valence-corrected chi connectivity index (χ2v) is 8.23. The molecular formula is C14H10FN3O2S3. The SMILES string of the molecule is O=S(=O)(Nc1ccc(Sc2nncs2)cc1)c1ccc(F)cc1. The predicted octanol–water partition coefficient (Wildman–Crippen LogP) is 3.63. The Labute approximate surface area is 140 Å². The van der Waals surface area contributed by atoms with Crippen molar-refractivity contribution in [1.29, 1.82) is 0 Å². The highest BCUT2D eigenvalue weighted by atomic mass is 32.2. The number of anilines is 1. The van der Waals surface area contributed by atoms with E-state index in [1.807, 2.05) is 0 Å². The fraction of sp³-hybridized carbons (Fsp3) is 0. The number of halogens is 1. The molecule has 0 unspecified atom stereocenters. The molecule has 0 amide bonds. The van der Waals surface area contributed by atoms with E-state index in [0.717, 1.165) is 21.4 Å². The Morgan fingerprint density at radius 2 is 1.74 bits per heavy atom. The highest BCUT2D eigenvalue weighted by molar-refractivity contribution is 8.01. The lowest BCUT2D eigenvalue weighted by atomic mass is 10.3. The first-order valence-corrected chi connectivity index (χ1v) is 9.53. The van der Waals surface area contributed by atoms with Crippen LogP contribution in [0.1, 0.15) is 0 Å². The van der Waals surface area contributed by atoms with Gasteiger partial charge in [0, 0.05) is 10.6 Å². The fourth-order valence-corrected chi connectivity index (χ4v) is 4.24. The molecule has 0 radical (unpaired) electrons. The van der Waals surface area contributed by atoms with Crippen LogP contribution in [0.2, 0.25) is 0 Å². The largest absolute Gasteiger partial charge is 0.280 e. The van der Waals surface area contributed by atoms with Crippen LogP contribution in [0.25, 0.3) is 0 Å². The third-order valence-corrected chi connectivity index (χ3v) is 5.96. The van der Waals surface area contributed by atoms with Crippen LogP contribution in [-0.2, 0) is 10.0 Å². The molecular weight excluding hydrogens is 357 g/mol. The van der Waals surface area contributed by atoms with Crippen LogP contribution in [0.5, 0.6) is 0 Å². The van der Waals surface area contributed by atoms with Crippen molar-refractivity contribution in [3.05, 3.63) is 59.9 Å². The van der Waals surface area contributed by atoms with Crippen LogP contribution < -0.4 is 4.72 Å². The molecule has 0 spiro atoms. The lowest BCUT2D eigenvalue weighted by Crippen LogP contribution is -2.12. The Bertz CT molecular complexity index is 880. The molecule has 3 rings (SSSR count). The second-order valence-electron chi connectivity index (χ2n) is 4.39. The van der Waals surface area contributed by atoms with Gasteiger partial charge in [-0.2, -0.15) is 0 Å². The van der Waals surface area contributed by atoms with Crippen molar-refractivity contribution in [2.75, 3.05) is 4.72 Å². The number of nitrogens with one attached hydrogen (secondary N) is 1. The van der Waals surface area contributed by atoms with Crippen LogP contribution in [0.4, 0.5) is 10.1 Å². The topological polar surface area (TPSA) is 72.0 Å². The van der Waals surface area contributed by atoms with Gasteiger partial charge in [-0.25, -0.2) is 12.8 Å². The summed E-state index contributed by atoms with van der Waals surface area (Å²) in [7, 11) is -3.74. The minimum Gasteiger partial charge on any atom is -0.280 e. The minimum absolute atomic E-state index is 0.00575. The van der Waals surface area contributed by atoms with Crippen LogP contribution in [0.3, 0.4) is 0 Å². The summed E-state index contributed by atoms with van der Waals surface area (Å²) in [5.74, 6) is -0.484. The van der Waals surface area contributed by atoms with Crippen LogP contribution in [-0.4, -0.2) is 18.6 Å². The zero-order valence-corrected chi connectivity index (χ0v) is 14.0. The second kappa shape index (κ2) is 6.65. The van der Waals surface area contributed by atoms with Crippen molar-refractivity contribution in [3.8, 4) is 0 Å². The quantitative estimate of drug-likeness (QED) is 0.745. The lowest BCUT2D eigenvalue weighted by molar-refractivity contribution is 0.599.